The Morgan fingerprint density at radius 2 is 2.00 bits per heavy atom. The molecule has 7 heteroatoms. The zero-order valence-electron chi connectivity index (χ0n) is 15.2. The smallest absolute Gasteiger partial charge is 0.193 e. The maximum Gasteiger partial charge on any atom is 0.193 e. The molecule has 0 bridgehead atoms. The largest absolute Gasteiger partial charge is 0.382 e. The van der Waals surface area contributed by atoms with E-state index in [4.69, 9.17) is 21.1 Å². The maximum absolute atomic E-state index is 6.09. The molecule has 1 aromatic rings. The number of anilines is 1. The first-order valence-corrected chi connectivity index (χ1v) is 9.15. The van der Waals surface area contributed by atoms with E-state index in [1.165, 1.54) is 5.69 Å². The molecule has 140 valence electrons. The number of nitrogens with zero attached hydrogens (tertiary/aromatic N) is 3. The van der Waals surface area contributed by atoms with Crippen LogP contribution in [0.25, 0.3) is 0 Å². The van der Waals surface area contributed by atoms with Gasteiger partial charge >= 0.3 is 0 Å². The van der Waals surface area contributed by atoms with Crippen LogP contribution in [0.1, 0.15) is 6.42 Å². The lowest BCUT2D eigenvalue weighted by Gasteiger charge is -2.37. The van der Waals surface area contributed by atoms with Crippen LogP contribution >= 0.6 is 11.6 Å². The molecule has 6 nitrogen and oxygen atoms in total. The molecule has 25 heavy (non-hydrogen) atoms. The molecule has 0 unspecified atom stereocenters. The van der Waals surface area contributed by atoms with E-state index in [0.717, 1.165) is 56.7 Å². The number of benzene rings is 1. The van der Waals surface area contributed by atoms with Crippen molar-refractivity contribution in [3.05, 3.63) is 29.3 Å². The van der Waals surface area contributed by atoms with Gasteiger partial charge in [0.05, 0.1) is 13.2 Å². The summed E-state index contributed by atoms with van der Waals surface area (Å²) in [7, 11) is 3.52. The van der Waals surface area contributed by atoms with Crippen molar-refractivity contribution >= 4 is 23.2 Å². The summed E-state index contributed by atoms with van der Waals surface area (Å²) >= 11 is 6.09. The summed E-state index contributed by atoms with van der Waals surface area (Å²) in [4.78, 5) is 9.06. The van der Waals surface area contributed by atoms with Gasteiger partial charge in [0.2, 0.25) is 0 Å². The van der Waals surface area contributed by atoms with Gasteiger partial charge in [-0.15, -0.1) is 0 Å². The number of rotatable bonds is 8. The molecule has 0 saturated carbocycles. The Labute approximate surface area is 155 Å². The highest BCUT2D eigenvalue weighted by Gasteiger charge is 2.19. The minimum Gasteiger partial charge on any atom is -0.382 e. The summed E-state index contributed by atoms with van der Waals surface area (Å²) < 4.78 is 10.4. The number of hydrogen-bond donors (Lipinski definition) is 1. The minimum atomic E-state index is 0.645. The van der Waals surface area contributed by atoms with Gasteiger partial charge in [-0.2, -0.15) is 0 Å². The molecule has 0 atom stereocenters. The first-order valence-electron chi connectivity index (χ1n) is 8.77. The highest BCUT2D eigenvalue weighted by atomic mass is 35.5. The highest BCUT2D eigenvalue weighted by molar-refractivity contribution is 6.30. The highest BCUT2D eigenvalue weighted by Crippen LogP contribution is 2.20. The Bertz CT molecular complexity index is 534. The molecular formula is C18H29ClN4O2. The average Bonchev–Trinajstić information content (AvgIpc) is 2.64. The second-order valence-corrected chi connectivity index (χ2v) is 6.32. The number of aliphatic imine (C=N–C) groups is 1. The zero-order valence-corrected chi connectivity index (χ0v) is 16.0. The molecule has 1 aliphatic rings. The van der Waals surface area contributed by atoms with Crippen LogP contribution < -0.4 is 10.2 Å². The Hall–Kier alpha value is -1.50. The standard InChI is InChI=1S/C18H29ClN4O2/c1-20-18(21-7-4-12-25-14-13-24-2)23-10-8-22(9-11-23)17-6-3-5-16(19)15-17/h3,5-6,15H,4,7-14H2,1-2H3,(H,20,21). The van der Waals surface area contributed by atoms with Crippen LogP contribution in [-0.2, 0) is 9.47 Å². The summed E-state index contributed by atoms with van der Waals surface area (Å²) in [5.74, 6) is 0.961. The summed E-state index contributed by atoms with van der Waals surface area (Å²) in [5, 5.41) is 4.20. The number of halogens is 1. The molecule has 0 spiro atoms. The van der Waals surface area contributed by atoms with Crippen molar-refractivity contribution < 1.29 is 9.47 Å². The van der Waals surface area contributed by atoms with E-state index in [2.05, 4.69) is 26.2 Å². The summed E-state index contributed by atoms with van der Waals surface area (Å²) in [6, 6.07) is 8.04. The van der Waals surface area contributed by atoms with E-state index >= 15 is 0 Å². The van der Waals surface area contributed by atoms with Crippen molar-refractivity contribution in [2.75, 3.05) is 71.6 Å². The maximum atomic E-state index is 6.09. The molecular weight excluding hydrogens is 340 g/mol. The molecule has 1 saturated heterocycles. The average molecular weight is 369 g/mol. The van der Waals surface area contributed by atoms with Crippen molar-refractivity contribution in [1.29, 1.82) is 0 Å². The normalized spacial score (nSPS) is 15.6. The third kappa shape index (κ3) is 6.72. The van der Waals surface area contributed by atoms with Gasteiger partial charge in [0.15, 0.2) is 5.96 Å². The van der Waals surface area contributed by atoms with E-state index in [0.29, 0.717) is 13.2 Å². The van der Waals surface area contributed by atoms with Crippen LogP contribution in [0.5, 0.6) is 0 Å². The van der Waals surface area contributed by atoms with E-state index in [9.17, 15) is 0 Å². The molecule has 1 fully saturated rings. The monoisotopic (exact) mass is 368 g/mol. The van der Waals surface area contributed by atoms with Crippen LogP contribution in [0.3, 0.4) is 0 Å². The fourth-order valence-corrected chi connectivity index (χ4v) is 2.98. The topological polar surface area (TPSA) is 49.3 Å². The van der Waals surface area contributed by atoms with E-state index in [-0.39, 0.29) is 0 Å². The molecule has 1 aliphatic heterocycles. The van der Waals surface area contributed by atoms with Crippen molar-refractivity contribution in [1.82, 2.24) is 10.2 Å². The van der Waals surface area contributed by atoms with Gasteiger partial charge in [-0.25, -0.2) is 0 Å². The number of methoxy groups -OCH3 is 1. The fraction of sp³-hybridized carbons (Fsp3) is 0.611. The number of guanidine groups is 1. The molecule has 1 heterocycles. The SMILES string of the molecule is CN=C(NCCCOCCOC)N1CCN(c2cccc(Cl)c2)CC1. The second kappa shape index (κ2) is 11.2. The van der Waals surface area contributed by atoms with Crippen molar-refractivity contribution in [3.8, 4) is 0 Å². The van der Waals surface area contributed by atoms with Gasteiger partial charge in [-0.1, -0.05) is 17.7 Å². The third-order valence-electron chi connectivity index (χ3n) is 4.14. The van der Waals surface area contributed by atoms with Crippen molar-refractivity contribution in [2.24, 2.45) is 4.99 Å². The number of piperazine rings is 1. The first kappa shape index (κ1) is 19.8. The van der Waals surface area contributed by atoms with Crippen molar-refractivity contribution in [3.63, 3.8) is 0 Å². The Balaban J connectivity index is 1.69. The Kier molecular flexibility index (Phi) is 8.86. The summed E-state index contributed by atoms with van der Waals surface area (Å²) in [5.41, 5.74) is 1.18. The van der Waals surface area contributed by atoms with Crippen LogP contribution in [0, 0.1) is 0 Å². The number of nitrogens with one attached hydrogen (secondary N) is 1. The van der Waals surface area contributed by atoms with Crippen molar-refractivity contribution in [2.45, 2.75) is 6.42 Å². The first-order chi connectivity index (χ1) is 12.2. The number of ether oxygens (including phenoxy) is 2. The van der Waals surface area contributed by atoms with Crippen LogP contribution in [0.15, 0.2) is 29.3 Å². The Morgan fingerprint density at radius 1 is 1.20 bits per heavy atom. The van der Waals surface area contributed by atoms with Crippen LogP contribution in [-0.4, -0.2) is 77.6 Å². The van der Waals surface area contributed by atoms with Gasteiger partial charge in [-0.3, -0.25) is 4.99 Å². The molecule has 1 aromatic carbocycles. The minimum absolute atomic E-state index is 0.645. The fourth-order valence-electron chi connectivity index (χ4n) is 2.80. The molecule has 2 rings (SSSR count). The van der Waals surface area contributed by atoms with E-state index in [1.807, 2.05) is 25.2 Å². The molecule has 0 aliphatic carbocycles. The van der Waals surface area contributed by atoms with Gasteiger partial charge < -0.3 is 24.6 Å². The van der Waals surface area contributed by atoms with Crippen LogP contribution in [0.4, 0.5) is 5.69 Å². The van der Waals surface area contributed by atoms with Gasteiger partial charge in [0.25, 0.3) is 0 Å². The van der Waals surface area contributed by atoms with Crippen LogP contribution in [0.2, 0.25) is 5.02 Å². The van der Waals surface area contributed by atoms with Gasteiger partial charge in [0, 0.05) is 64.2 Å². The van der Waals surface area contributed by atoms with E-state index < -0.39 is 0 Å². The zero-order chi connectivity index (χ0) is 17.9. The molecule has 0 aromatic heterocycles. The lowest BCUT2D eigenvalue weighted by molar-refractivity contribution is 0.0698. The lowest BCUT2D eigenvalue weighted by Crippen LogP contribution is -2.52. The predicted molar refractivity (Wildman–Crippen MR) is 104 cm³/mol. The lowest BCUT2D eigenvalue weighted by atomic mass is 10.2. The second-order valence-electron chi connectivity index (χ2n) is 5.89. The molecule has 1 N–H and O–H groups in total. The summed E-state index contributed by atoms with van der Waals surface area (Å²) in [6.45, 7) is 6.68. The quantitative estimate of drug-likeness (QED) is 0.432. The predicted octanol–water partition coefficient (Wildman–Crippen LogP) is 2.09. The summed E-state index contributed by atoms with van der Waals surface area (Å²) in [6.07, 6.45) is 0.950. The Morgan fingerprint density at radius 3 is 2.68 bits per heavy atom. The number of hydrogen-bond acceptors (Lipinski definition) is 4. The van der Waals surface area contributed by atoms with Gasteiger partial charge in [0.1, 0.15) is 0 Å². The van der Waals surface area contributed by atoms with E-state index in [1.54, 1.807) is 7.11 Å². The van der Waals surface area contributed by atoms with Gasteiger partial charge in [-0.05, 0) is 24.6 Å². The molecule has 0 amide bonds. The third-order valence-corrected chi connectivity index (χ3v) is 4.38. The molecule has 0 radical (unpaired) electrons.